The SMILES string of the molecule is CC(C)c1cc(-c2[c-]cccc2)ncn1.CC(O)CC(C)O.[Ir]. The van der Waals surface area contributed by atoms with Crippen molar-refractivity contribution in [2.24, 2.45) is 0 Å². The van der Waals surface area contributed by atoms with Gasteiger partial charge < -0.3 is 10.2 Å². The number of hydrogen-bond acceptors (Lipinski definition) is 4. The van der Waals surface area contributed by atoms with Gasteiger partial charge in [-0.25, -0.2) is 4.98 Å². The number of aliphatic hydroxyl groups is 2. The molecular formula is C18H25IrN2O2-. The third-order valence-electron chi connectivity index (χ3n) is 2.95. The summed E-state index contributed by atoms with van der Waals surface area (Å²) in [6.45, 7) is 7.57. The van der Waals surface area contributed by atoms with Crippen molar-refractivity contribution >= 4 is 0 Å². The van der Waals surface area contributed by atoms with Gasteiger partial charge in [-0.1, -0.05) is 19.9 Å². The first-order valence-electron chi connectivity index (χ1n) is 7.55. The van der Waals surface area contributed by atoms with Gasteiger partial charge in [0, 0.05) is 25.8 Å². The van der Waals surface area contributed by atoms with Crippen molar-refractivity contribution in [3.05, 3.63) is 48.4 Å². The van der Waals surface area contributed by atoms with E-state index in [1.165, 1.54) is 0 Å². The van der Waals surface area contributed by atoms with E-state index >= 15 is 0 Å². The summed E-state index contributed by atoms with van der Waals surface area (Å²) in [5, 5.41) is 17.1. The van der Waals surface area contributed by atoms with Crippen LogP contribution in [0.4, 0.5) is 0 Å². The van der Waals surface area contributed by atoms with E-state index in [4.69, 9.17) is 10.2 Å². The molecule has 2 unspecified atom stereocenters. The van der Waals surface area contributed by atoms with E-state index < -0.39 is 0 Å². The third kappa shape index (κ3) is 8.92. The maximum Gasteiger partial charge on any atom is 0.105 e. The van der Waals surface area contributed by atoms with Crippen LogP contribution in [0.15, 0.2) is 36.7 Å². The second kappa shape index (κ2) is 11.4. The van der Waals surface area contributed by atoms with Gasteiger partial charge in [0.2, 0.25) is 0 Å². The van der Waals surface area contributed by atoms with Crippen molar-refractivity contribution in [3.63, 3.8) is 0 Å². The van der Waals surface area contributed by atoms with Crippen LogP contribution in [0.2, 0.25) is 0 Å². The molecule has 129 valence electrons. The molecule has 5 heteroatoms. The van der Waals surface area contributed by atoms with Gasteiger partial charge >= 0.3 is 0 Å². The zero-order valence-corrected chi connectivity index (χ0v) is 16.4. The largest absolute Gasteiger partial charge is 0.393 e. The normalized spacial score (nSPS) is 12.7. The quantitative estimate of drug-likeness (QED) is 0.642. The summed E-state index contributed by atoms with van der Waals surface area (Å²) in [7, 11) is 0. The van der Waals surface area contributed by atoms with Crippen LogP contribution < -0.4 is 0 Å². The molecule has 1 aromatic carbocycles. The standard InChI is InChI=1S/C13H13N2.C5H12O2.Ir/c1-10(2)12-8-13(15-9-14-12)11-6-4-3-5-7-11;1-4(6)3-5(2)7;/h3-6,8-10H,1-2H3;4-7H,3H2,1-2H3;/q-1;;. The Labute approximate surface area is 152 Å². The van der Waals surface area contributed by atoms with Crippen LogP contribution in [0.1, 0.15) is 45.7 Å². The van der Waals surface area contributed by atoms with Gasteiger partial charge in [-0.05, 0) is 31.9 Å². The van der Waals surface area contributed by atoms with Crippen LogP contribution in [0, 0.1) is 6.07 Å². The number of aromatic nitrogens is 2. The zero-order valence-electron chi connectivity index (χ0n) is 14.0. The molecular weight excluding hydrogens is 468 g/mol. The fourth-order valence-corrected chi connectivity index (χ4v) is 1.88. The van der Waals surface area contributed by atoms with E-state index in [0.29, 0.717) is 12.3 Å². The Kier molecular flexibility index (Phi) is 10.9. The number of nitrogens with zero attached hydrogens (tertiary/aromatic N) is 2. The fourth-order valence-electron chi connectivity index (χ4n) is 1.88. The van der Waals surface area contributed by atoms with Crippen LogP contribution in [-0.4, -0.2) is 32.4 Å². The summed E-state index contributed by atoms with van der Waals surface area (Å²) in [5.41, 5.74) is 3.02. The number of aliphatic hydroxyl groups excluding tert-OH is 2. The van der Waals surface area contributed by atoms with Gasteiger partial charge in [-0.2, -0.15) is 0 Å². The van der Waals surface area contributed by atoms with E-state index in [9.17, 15) is 0 Å². The van der Waals surface area contributed by atoms with Crippen molar-refractivity contribution in [3.8, 4) is 11.3 Å². The molecule has 0 fully saturated rings. The summed E-state index contributed by atoms with van der Waals surface area (Å²) < 4.78 is 0. The summed E-state index contributed by atoms with van der Waals surface area (Å²) in [6, 6.07) is 13.0. The third-order valence-corrected chi connectivity index (χ3v) is 2.95. The molecule has 0 aliphatic rings. The molecule has 2 aromatic rings. The Hall–Kier alpha value is -1.13. The first kappa shape index (κ1) is 21.9. The van der Waals surface area contributed by atoms with E-state index in [-0.39, 0.29) is 32.3 Å². The van der Waals surface area contributed by atoms with Crippen molar-refractivity contribution in [1.82, 2.24) is 9.97 Å². The van der Waals surface area contributed by atoms with Crippen molar-refractivity contribution in [1.29, 1.82) is 0 Å². The molecule has 0 aliphatic heterocycles. The zero-order chi connectivity index (χ0) is 16.5. The summed E-state index contributed by atoms with van der Waals surface area (Å²) in [5.74, 6) is 0.426. The van der Waals surface area contributed by atoms with Gasteiger partial charge in [-0.3, -0.25) is 4.98 Å². The molecule has 0 saturated carbocycles. The Bertz CT molecular complexity index is 540. The monoisotopic (exact) mass is 494 g/mol. The predicted molar refractivity (Wildman–Crippen MR) is 88.4 cm³/mol. The van der Waals surface area contributed by atoms with Crippen molar-refractivity contribution < 1.29 is 30.3 Å². The Morgan fingerprint density at radius 1 is 1.04 bits per heavy atom. The van der Waals surface area contributed by atoms with E-state index in [1.54, 1.807) is 20.2 Å². The molecule has 1 radical (unpaired) electrons. The minimum absolute atomic E-state index is 0. The van der Waals surface area contributed by atoms with E-state index in [0.717, 1.165) is 17.0 Å². The predicted octanol–water partition coefficient (Wildman–Crippen LogP) is 3.20. The fraction of sp³-hybridized carbons (Fsp3) is 0.444. The van der Waals surface area contributed by atoms with Crippen LogP contribution in [0.3, 0.4) is 0 Å². The number of benzene rings is 1. The Morgan fingerprint density at radius 2 is 1.70 bits per heavy atom. The maximum atomic E-state index is 8.56. The molecule has 1 heterocycles. The van der Waals surface area contributed by atoms with Gasteiger partial charge in [0.1, 0.15) is 6.33 Å². The Balaban J connectivity index is 0.000000522. The first-order valence-corrected chi connectivity index (χ1v) is 7.55. The summed E-state index contributed by atoms with van der Waals surface area (Å²) in [6.07, 6.45) is 1.34. The minimum Gasteiger partial charge on any atom is -0.393 e. The molecule has 0 saturated heterocycles. The van der Waals surface area contributed by atoms with Crippen LogP contribution >= 0.6 is 0 Å². The summed E-state index contributed by atoms with van der Waals surface area (Å²) >= 11 is 0. The number of hydrogen-bond donors (Lipinski definition) is 2. The molecule has 2 rings (SSSR count). The van der Waals surface area contributed by atoms with Crippen molar-refractivity contribution in [2.75, 3.05) is 0 Å². The molecule has 1 aromatic heterocycles. The molecule has 2 N–H and O–H groups in total. The second-order valence-electron chi connectivity index (χ2n) is 5.69. The maximum absolute atomic E-state index is 8.56. The topological polar surface area (TPSA) is 66.2 Å². The van der Waals surface area contributed by atoms with E-state index in [1.807, 2.05) is 30.3 Å². The molecule has 2 atom stereocenters. The summed E-state index contributed by atoms with van der Waals surface area (Å²) in [4.78, 5) is 8.49. The average Bonchev–Trinajstić information content (AvgIpc) is 2.47. The van der Waals surface area contributed by atoms with Crippen LogP contribution in [-0.2, 0) is 20.1 Å². The van der Waals surface area contributed by atoms with Gasteiger partial charge in [0.05, 0.1) is 12.2 Å². The second-order valence-corrected chi connectivity index (χ2v) is 5.69. The molecule has 4 nitrogen and oxygen atoms in total. The minimum atomic E-state index is -0.375. The molecule has 0 bridgehead atoms. The molecule has 0 spiro atoms. The molecule has 0 amide bonds. The van der Waals surface area contributed by atoms with Gasteiger partial charge in [0.15, 0.2) is 0 Å². The Morgan fingerprint density at radius 3 is 2.13 bits per heavy atom. The molecule has 23 heavy (non-hydrogen) atoms. The van der Waals surface area contributed by atoms with Crippen molar-refractivity contribution in [2.45, 2.75) is 52.2 Å². The van der Waals surface area contributed by atoms with E-state index in [2.05, 4.69) is 29.9 Å². The number of rotatable bonds is 4. The van der Waals surface area contributed by atoms with Gasteiger partial charge in [0.25, 0.3) is 0 Å². The van der Waals surface area contributed by atoms with Crippen LogP contribution in [0.25, 0.3) is 11.3 Å². The van der Waals surface area contributed by atoms with Gasteiger partial charge in [-0.15, -0.1) is 35.9 Å². The first-order chi connectivity index (χ1) is 10.4. The average molecular weight is 494 g/mol. The smallest absolute Gasteiger partial charge is 0.105 e. The molecule has 0 aliphatic carbocycles. The van der Waals surface area contributed by atoms with Crippen LogP contribution in [0.5, 0.6) is 0 Å².